The zero-order valence-corrected chi connectivity index (χ0v) is 5.87. The number of aryl methyl sites for hydroxylation is 1. The van der Waals surface area contributed by atoms with E-state index < -0.39 is 5.97 Å². The third-order valence-corrected chi connectivity index (χ3v) is 1.48. The highest BCUT2D eigenvalue weighted by Gasteiger charge is 2.05. The van der Waals surface area contributed by atoms with E-state index in [1.165, 1.54) is 10.7 Å². The molecule has 4 nitrogen and oxygen atoms in total. The third-order valence-electron chi connectivity index (χ3n) is 1.48. The van der Waals surface area contributed by atoms with Gasteiger partial charge < -0.3 is 9.90 Å². The van der Waals surface area contributed by atoms with Gasteiger partial charge in [0.2, 0.25) is 0 Å². The fourth-order valence-electron chi connectivity index (χ4n) is 0.756. The first-order valence-corrected chi connectivity index (χ1v) is 2.86. The molecule has 0 unspecified atom stereocenters. The molecule has 0 saturated heterocycles. The number of carboxylic acids is 1. The number of carbonyl (C=O) groups is 1. The van der Waals surface area contributed by atoms with Crippen molar-refractivity contribution < 1.29 is 14.6 Å². The summed E-state index contributed by atoms with van der Waals surface area (Å²) in [6.45, 7) is 0. The van der Waals surface area contributed by atoms with Gasteiger partial charge in [0.25, 0.3) is 0 Å². The molecule has 10 heavy (non-hydrogen) atoms. The Labute approximate surface area is 58.3 Å². The van der Waals surface area contributed by atoms with E-state index in [4.69, 9.17) is 0 Å². The molecule has 1 aromatic rings. The second-order valence-corrected chi connectivity index (χ2v) is 2.09. The van der Waals surface area contributed by atoms with Crippen molar-refractivity contribution in [2.45, 2.75) is 0 Å². The van der Waals surface area contributed by atoms with Crippen molar-refractivity contribution in [3.8, 4) is 0 Å². The van der Waals surface area contributed by atoms with E-state index in [1.54, 1.807) is 25.0 Å². The molecule has 0 aliphatic rings. The van der Waals surface area contributed by atoms with Crippen molar-refractivity contribution in [2.75, 3.05) is 0 Å². The quantitative estimate of drug-likeness (QED) is 0.433. The predicted octanol–water partition coefficient (Wildman–Crippen LogP) is -1.79. The summed E-state index contributed by atoms with van der Waals surface area (Å²) >= 11 is 0. The minimum atomic E-state index is -1.15. The standard InChI is InChI=1S/C6H8N2O2/c1-7-4-3-5(6(9)10)8(7)2/h3-4H,1-2H3. The zero-order valence-electron chi connectivity index (χ0n) is 5.87. The Bertz CT molecular complexity index is 265. The molecule has 0 saturated carbocycles. The van der Waals surface area contributed by atoms with E-state index in [1.807, 2.05) is 0 Å². The molecule has 0 aromatic carbocycles. The first kappa shape index (κ1) is 6.80. The monoisotopic (exact) mass is 140 g/mol. The maximum Gasteiger partial charge on any atom is 0.196 e. The molecule has 0 amide bonds. The highest BCUT2D eigenvalue weighted by atomic mass is 16.4. The summed E-state index contributed by atoms with van der Waals surface area (Å²) in [5.41, 5.74) is 0.183. The minimum Gasteiger partial charge on any atom is -0.543 e. The van der Waals surface area contributed by atoms with Crippen LogP contribution in [0.25, 0.3) is 0 Å². The van der Waals surface area contributed by atoms with Gasteiger partial charge in [0.05, 0.1) is 13.0 Å². The van der Waals surface area contributed by atoms with Gasteiger partial charge in [-0.3, -0.25) is 0 Å². The van der Waals surface area contributed by atoms with Gasteiger partial charge in [-0.2, -0.15) is 4.68 Å². The van der Waals surface area contributed by atoms with Crippen LogP contribution in [0.3, 0.4) is 0 Å². The fraction of sp³-hybridized carbons (Fsp3) is 0.333. The van der Waals surface area contributed by atoms with Crippen LogP contribution in [-0.2, 0) is 14.1 Å². The summed E-state index contributed by atoms with van der Waals surface area (Å²) in [5, 5.41) is 10.3. The summed E-state index contributed by atoms with van der Waals surface area (Å²) in [6.07, 6.45) is 1.66. The fourth-order valence-corrected chi connectivity index (χ4v) is 0.756. The highest BCUT2D eigenvalue weighted by Crippen LogP contribution is 1.89. The van der Waals surface area contributed by atoms with Gasteiger partial charge in [0.1, 0.15) is 5.69 Å². The second kappa shape index (κ2) is 2.13. The van der Waals surface area contributed by atoms with Crippen LogP contribution < -0.4 is 9.79 Å². The van der Waals surface area contributed by atoms with Crippen molar-refractivity contribution in [1.82, 2.24) is 4.68 Å². The Morgan fingerprint density at radius 3 is 2.60 bits per heavy atom. The molecule has 0 spiro atoms. The molecule has 0 N–H and O–H groups in total. The predicted molar refractivity (Wildman–Crippen MR) is 30.9 cm³/mol. The largest absolute Gasteiger partial charge is 0.543 e. The lowest BCUT2D eigenvalue weighted by Crippen LogP contribution is -2.39. The first-order valence-electron chi connectivity index (χ1n) is 2.86. The van der Waals surface area contributed by atoms with E-state index in [0.717, 1.165) is 0 Å². The van der Waals surface area contributed by atoms with Crippen LogP contribution in [0.15, 0.2) is 12.3 Å². The number of rotatable bonds is 1. The zero-order chi connectivity index (χ0) is 7.72. The molecule has 0 atom stereocenters. The minimum absolute atomic E-state index is 0.183. The number of carbonyl (C=O) groups excluding carboxylic acids is 1. The molecule has 0 bridgehead atoms. The summed E-state index contributed by atoms with van der Waals surface area (Å²) in [7, 11) is 3.41. The maximum atomic E-state index is 10.3. The topological polar surface area (TPSA) is 48.9 Å². The summed E-state index contributed by atoms with van der Waals surface area (Å²) in [6, 6.07) is 1.50. The van der Waals surface area contributed by atoms with Crippen molar-refractivity contribution in [3.63, 3.8) is 0 Å². The summed E-state index contributed by atoms with van der Waals surface area (Å²) in [5.74, 6) is -1.15. The Morgan fingerprint density at radius 2 is 2.40 bits per heavy atom. The number of aromatic nitrogens is 2. The van der Waals surface area contributed by atoms with Gasteiger partial charge in [-0.15, -0.1) is 4.68 Å². The van der Waals surface area contributed by atoms with Crippen molar-refractivity contribution in [2.24, 2.45) is 14.1 Å². The molecule has 1 heterocycles. The third kappa shape index (κ3) is 0.877. The number of aromatic carboxylic acids is 1. The van der Waals surface area contributed by atoms with E-state index >= 15 is 0 Å². The molecule has 4 heteroatoms. The van der Waals surface area contributed by atoms with E-state index in [9.17, 15) is 9.90 Å². The Hall–Kier alpha value is -1.32. The lowest BCUT2D eigenvalue weighted by atomic mass is 10.4. The molecule has 0 aliphatic carbocycles. The van der Waals surface area contributed by atoms with Gasteiger partial charge in [-0.05, 0) is 0 Å². The van der Waals surface area contributed by atoms with Crippen LogP contribution in [0.1, 0.15) is 10.5 Å². The smallest absolute Gasteiger partial charge is 0.196 e. The van der Waals surface area contributed by atoms with Crippen LogP contribution in [0.4, 0.5) is 0 Å². The lowest BCUT2D eigenvalue weighted by Gasteiger charge is -1.98. The van der Waals surface area contributed by atoms with Crippen molar-refractivity contribution in [3.05, 3.63) is 18.0 Å². The molecular formula is C6H8N2O2. The number of carboxylic acid groups (broad SMARTS) is 1. The van der Waals surface area contributed by atoms with Crippen molar-refractivity contribution in [1.29, 1.82) is 0 Å². The Kier molecular flexibility index (Phi) is 1.45. The summed E-state index contributed by atoms with van der Waals surface area (Å²) < 4.78 is 3.15. The van der Waals surface area contributed by atoms with Gasteiger partial charge in [0.15, 0.2) is 13.2 Å². The van der Waals surface area contributed by atoms with Gasteiger partial charge in [-0.25, -0.2) is 0 Å². The number of nitrogens with zero attached hydrogens (tertiary/aromatic N) is 2. The molecule has 54 valence electrons. The molecule has 0 fully saturated rings. The average Bonchev–Trinajstić information content (AvgIpc) is 2.14. The SMILES string of the molecule is Cn1c(C(=O)[O-])cc[n+]1C. The van der Waals surface area contributed by atoms with Crippen LogP contribution >= 0.6 is 0 Å². The molecule has 0 radical (unpaired) electrons. The summed E-state index contributed by atoms with van der Waals surface area (Å²) in [4.78, 5) is 10.3. The van der Waals surface area contributed by atoms with E-state index in [0.29, 0.717) is 0 Å². The van der Waals surface area contributed by atoms with Crippen molar-refractivity contribution >= 4 is 5.97 Å². The maximum absolute atomic E-state index is 10.3. The molecule has 0 aliphatic heterocycles. The normalized spacial score (nSPS) is 9.80. The van der Waals surface area contributed by atoms with Crippen LogP contribution in [-0.4, -0.2) is 10.7 Å². The van der Waals surface area contributed by atoms with Crippen LogP contribution in [0, 0.1) is 0 Å². The van der Waals surface area contributed by atoms with Gasteiger partial charge in [-0.1, -0.05) is 0 Å². The molecule has 1 rings (SSSR count). The van der Waals surface area contributed by atoms with E-state index in [-0.39, 0.29) is 5.69 Å². The number of hydrogen-bond donors (Lipinski definition) is 0. The van der Waals surface area contributed by atoms with Gasteiger partial charge in [0, 0.05) is 6.07 Å². The second-order valence-electron chi connectivity index (χ2n) is 2.09. The lowest BCUT2D eigenvalue weighted by molar-refractivity contribution is -0.751. The Morgan fingerprint density at radius 1 is 1.80 bits per heavy atom. The van der Waals surface area contributed by atoms with Gasteiger partial charge >= 0.3 is 0 Å². The molecule has 1 aromatic heterocycles. The van der Waals surface area contributed by atoms with Crippen LogP contribution in [0.2, 0.25) is 0 Å². The number of hydrogen-bond acceptors (Lipinski definition) is 2. The Balaban J connectivity index is 3.17. The average molecular weight is 140 g/mol. The molecular weight excluding hydrogens is 132 g/mol. The first-order chi connectivity index (χ1) is 4.63. The van der Waals surface area contributed by atoms with Crippen LogP contribution in [0.5, 0.6) is 0 Å². The van der Waals surface area contributed by atoms with E-state index in [2.05, 4.69) is 0 Å². The highest BCUT2D eigenvalue weighted by molar-refractivity contribution is 5.83.